The molecule has 0 saturated heterocycles. The molecule has 2 heteroatoms. The zero-order valence-electron chi connectivity index (χ0n) is 7.83. The van der Waals surface area contributed by atoms with Gasteiger partial charge in [-0.05, 0) is 30.5 Å². The van der Waals surface area contributed by atoms with Crippen LogP contribution in [0.3, 0.4) is 0 Å². The van der Waals surface area contributed by atoms with Crippen LogP contribution in [0, 0.1) is 0 Å². The van der Waals surface area contributed by atoms with Crippen LogP contribution in [0.15, 0.2) is 24.3 Å². The molecule has 0 unspecified atom stereocenters. The van der Waals surface area contributed by atoms with Gasteiger partial charge in [0.15, 0.2) is 0 Å². The third-order valence-electron chi connectivity index (χ3n) is 2.01. The van der Waals surface area contributed by atoms with Crippen LogP contribution < -0.4 is 0 Å². The van der Waals surface area contributed by atoms with Crippen LogP contribution in [-0.2, 0) is 6.42 Å². The van der Waals surface area contributed by atoms with Crippen molar-refractivity contribution >= 4 is 11.6 Å². The third-order valence-corrected chi connectivity index (χ3v) is 2.26. The van der Waals surface area contributed by atoms with Gasteiger partial charge in [-0.3, -0.25) is 0 Å². The first kappa shape index (κ1) is 10.6. The average molecular weight is 199 g/mol. The number of rotatable bonds is 4. The van der Waals surface area contributed by atoms with E-state index in [9.17, 15) is 5.11 Å². The van der Waals surface area contributed by atoms with Crippen LogP contribution in [0.4, 0.5) is 0 Å². The first-order valence-corrected chi connectivity index (χ1v) is 5.02. The molecule has 1 aromatic rings. The standard InChI is InChI=1S/C11H15ClO/c1-2-3-11(13)8-9-4-6-10(12)7-5-9/h4-7,11,13H,2-3,8H2,1H3/t11-/m0/s1. The lowest BCUT2D eigenvalue weighted by Gasteiger charge is -2.08. The number of aliphatic hydroxyl groups excluding tert-OH is 1. The molecule has 1 nitrogen and oxygen atoms in total. The van der Waals surface area contributed by atoms with Crippen LogP contribution in [-0.4, -0.2) is 11.2 Å². The van der Waals surface area contributed by atoms with E-state index in [-0.39, 0.29) is 6.10 Å². The fourth-order valence-electron chi connectivity index (χ4n) is 1.33. The molecule has 0 heterocycles. The molecule has 0 aliphatic heterocycles. The number of hydrogen-bond donors (Lipinski definition) is 1. The van der Waals surface area contributed by atoms with Gasteiger partial charge in [-0.2, -0.15) is 0 Å². The molecule has 0 saturated carbocycles. The lowest BCUT2D eigenvalue weighted by Crippen LogP contribution is -2.09. The van der Waals surface area contributed by atoms with E-state index in [4.69, 9.17) is 11.6 Å². The minimum atomic E-state index is -0.217. The van der Waals surface area contributed by atoms with Gasteiger partial charge < -0.3 is 5.11 Å². The van der Waals surface area contributed by atoms with Crippen LogP contribution in [0.1, 0.15) is 25.3 Å². The van der Waals surface area contributed by atoms with Crippen molar-refractivity contribution in [2.75, 3.05) is 0 Å². The highest BCUT2D eigenvalue weighted by Gasteiger charge is 2.03. The van der Waals surface area contributed by atoms with Crippen molar-refractivity contribution in [2.24, 2.45) is 0 Å². The molecule has 1 aromatic carbocycles. The van der Waals surface area contributed by atoms with E-state index < -0.39 is 0 Å². The number of aliphatic hydroxyl groups is 1. The lowest BCUT2D eigenvalue weighted by molar-refractivity contribution is 0.164. The van der Waals surface area contributed by atoms with Gasteiger partial charge in [0.1, 0.15) is 0 Å². The van der Waals surface area contributed by atoms with Gasteiger partial charge in [0.2, 0.25) is 0 Å². The summed E-state index contributed by atoms with van der Waals surface area (Å²) in [6, 6.07) is 7.63. The van der Waals surface area contributed by atoms with Gasteiger partial charge in [0.25, 0.3) is 0 Å². The molecule has 0 aliphatic rings. The summed E-state index contributed by atoms with van der Waals surface area (Å²) in [5.41, 5.74) is 1.14. The third kappa shape index (κ3) is 3.79. The smallest absolute Gasteiger partial charge is 0.0580 e. The zero-order chi connectivity index (χ0) is 9.68. The van der Waals surface area contributed by atoms with Crippen LogP contribution in [0.2, 0.25) is 5.02 Å². The summed E-state index contributed by atoms with van der Waals surface area (Å²) in [6.45, 7) is 2.07. The Balaban J connectivity index is 2.49. The van der Waals surface area contributed by atoms with Crippen molar-refractivity contribution in [3.05, 3.63) is 34.9 Å². The summed E-state index contributed by atoms with van der Waals surface area (Å²) in [5, 5.41) is 10.3. The molecule has 0 radical (unpaired) electrons. The monoisotopic (exact) mass is 198 g/mol. The Kier molecular flexibility index (Phi) is 4.26. The van der Waals surface area contributed by atoms with Gasteiger partial charge in [0, 0.05) is 5.02 Å². The maximum absolute atomic E-state index is 9.54. The molecular weight excluding hydrogens is 184 g/mol. The molecule has 1 N–H and O–H groups in total. The zero-order valence-corrected chi connectivity index (χ0v) is 8.59. The maximum Gasteiger partial charge on any atom is 0.0580 e. The minimum absolute atomic E-state index is 0.217. The molecule has 0 aromatic heterocycles. The molecule has 0 fully saturated rings. The Labute approximate surface area is 84.4 Å². The highest BCUT2D eigenvalue weighted by Crippen LogP contribution is 2.12. The average Bonchev–Trinajstić information content (AvgIpc) is 2.09. The second kappa shape index (κ2) is 5.25. The van der Waals surface area contributed by atoms with Crippen molar-refractivity contribution in [1.29, 1.82) is 0 Å². The normalized spacial score (nSPS) is 12.8. The van der Waals surface area contributed by atoms with E-state index in [0.29, 0.717) is 0 Å². The predicted octanol–water partition coefficient (Wildman–Crippen LogP) is 3.04. The lowest BCUT2D eigenvalue weighted by atomic mass is 10.1. The Hall–Kier alpha value is -0.530. The fraction of sp³-hybridized carbons (Fsp3) is 0.455. The highest BCUT2D eigenvalue weighted by molar-refractivity contribution is 6.30. The highest BCUT2D eigenvalue weighted by atomic mass is 35.5. The van der Waals surface area contributed by atoms with Gasteiger partial charge in [-0.15, -0.1) is 0 Å². The van der Waals surface area contributed by atoms with Crippen LogP contribution >= 0.6 is 11.6 Å². The first-order valence-electron chi connectivity index (χ1n) is 4.65. The number of halogens is 1. The molecule has 0 spiro atoms. The van der Waals surface area contributed by atoms with Gasteiger partial charge in [-0.1, -0.05) is 37.1 Å². The van der Waals surface area contributed by atoms with E-state index in [2.05, 4.69) is 6.92 Å². The first-order chi connectivity index (χ1) is 6.22. The SMILES string of the molecule is CCC[C@H](O)Cc1ccc(Cl)cc1. The quantitative estimate of drug-likeness (QED) is 0.789. The maximum atomic E-state index is 9.54. The van der Waals surface area contributed by atoms with E-state index in [1.165, 1.54) is 0 Å². The Morgan fingerprint density at radius 1 is 1.31 bits per heavy atom. The topological polar surface area (TPSA) is 20.2 Å². The Morgan fingerprint density at radius 3 is 2.46 bits per heavy atom. The summed E-state index contributed by atoms with van der Waals surface area (Å²) < 4.78 is 0. The largest absolute Gasteiger partial charge is 0.393 e. The van der Waals surface area contributed by atoms with E-state index in [1.54, 1.807) is 0 Å². The summed E-state index contributed by atoms with van der Waals surface area (Å²) in [5.74, 6) is 0. The molecule has 1 atom stereocenters. The summed E-state index contributed by atoms with van der Waals surface area (Å²) in [7, 11) is 0. The molecular formula is C11H15ClO. The van der Waals surface area contributed by atoms with Gasteiger partial charge in [-0.25, -0.2) is 0 Å². The Morgan fingerprint density at radius 2 is 1.92 bits per heavy atom. The molecule has 0 bridgehead atoms. The molecule has 1 rings (SSSR count). The number of hydrogen-bond acceptors (Lipinski definition) is 1. The minimum Gasteiger partial charge on any atom is -0.393 e. The molecule has 13 heavy (non-hydrogen) atoms. The van der Waals surface area contributed by atoms with Gasteiger partial charge in [0.05, 0.1) is 6.10 Å². The van der Waals surface area contributed by atoms with Crippen molar-refractivity contribution in [1.82, 2.24) is 0 Å². The second-order valence-electron chi connectivity index (χ2n) is 3.27. The van der Waals surface area contributed by atoms with Crippen LogP contribution in [0.5, 0.6) is 0 Å². The van der Waals surface area contributed by atoms with Crippen molar-refractivity contribution < 1.29 is 5.11 Å². The summed E-state index contributed by atoms with van der Waals surface area (Å²) >= 11 is 5.75. The number of benzene rings is 1. The van der Waals surface area contributed by atoms with E-state index in [1.807, 2.05) is 24.3 Å². The molecule has 72 valence electrons. The Bertz CT molecular complexity index is 243. The summed E-state index contributed by atoms with van der Waals surface area (Å²) in [6.07, 6.45) is 2.40. The van der Waals surface area contributed by atoms with Crippen molar-refractivity contribution in [2.45, 2.75) is 32.3 Å². The fourth-order valence-corrected chi connectivity index (χ4v) is 1.45. The second-order valence-corrected chi connectivity index (χ2v) is 3.71. The molecule has 0 aliphatic carbocycles. The summed E-state index contributed by atoms with van der Waals surface area (Å²) in [4.78, 5) is 0. The van der Waals surface area contributed by atoms with E-state index >= 15 is 0 Å². The van der Waals surface area contributed by atoms with Crippen molar-refractivity contribution in [3.63, 3.8) is 0 Å². The van der Waals surface area contributed by atoms with Crippen molar-refractivity contribution in [3.8, 4) is 0 Å². The molecule has 0 amide bonds. The van der Waals surface area contributed by atoms with Gasteiger partial charge >= 0.3 is 0 Å². The predicted molar refractivity (Wildman–Crippen MR) is 56.1 cm³/mol. The van der Waals surface area contributed by atoms with Crippen LogP contribution in [0.25, 0.3) is 0 Å². The van der Waals surface area contributed by atoms with E-state index in [0.717, 1.165) is 29.8 Å².